The van der Waals surface area contributed by atoms with Gasteiger partial charge >= 0.3 is 0 Å². The summed E-state index contributed by atoms with van der Waals surface area (Å²) in [6, 6.07) is 7.99. The Morgan fingerprint density at radius 2 is 2.21 bits per heavy atom. The lowest BCUT2D eigenvalue weighted by molar-refractivity contribution is 0.145. The Bertz CT molecular complexity index is 377. The molecule has 4 heteroatoms. The minimum absolute atomic E-state index is 0.00504. The van der Waals surface area contributed by atoms with Crippen LogP contribution in [0.2, 0.25) is 0 Å². The van der Waals surface area contributed by atoms with Gasteiger partial charge in [-0.05, 0) is 24.8 Å². The summed E-state index contributed by atoms with van der Waals surface area (Å²) in [4.78, 5) is 0. The molecular weight excluding hydrogens is 242 g/mol. The second kappa shape index (κ2) is 7.48. The zero-order valence-corrected chi connectivity index (χ0v) is 11.5. The topological polar surface area (TPSA) is 53.7 Å². The van der Waals surface area contributed by atoms with Crippen molar-refractivity contribution in [3.8, 4) is 5.75 Å². The van der Waals surface area contributed by atoms with E-state index < -0.39 is 0 Å². The van der Waals surface area contributed by atoms with E-state index in [2.05, 4.69) is 0 Å². The van der Waals surface area contributed by atoms with Crippen LogP contribution in [0.25, 0.3) is 0 Å². The third-order valence-corrected chi connectivity index (χ3v) is 3.47. The smallest absolute Gasteiger partial charge is 0.124 e. The molecule has 1 saturated heterocycles. The average molecular weight is 265 g/mol. The number of hydrogen-bond acceptors (Lipinski definition) is 4. The molecule has 2 rings (SSSR count). The largest absolute Gasteiger partial charge is 0.491 e. The molecule has 0 aromatic heterocycles. The summed E-state index contributed by atoms with van der Waals surface area (Å²) in [5.74, 6) is 1.44. The molecule has 2 atom stereocenters. The van der Waals surface area contributed by atoms with Gasteiger partial charge in [0.25, 0.3) is 0 Å². The molecular formula is C15H23NO3. The highest BCUT2D eigenvalue weighted by Crippen LogP contribution is 2.30. The van der Waals surface area contributed by atoms with E-state index in [4.69, 9.17) is 19.9 Å². The Morgan fingerprint density at radius 1 is 1.37 bits per heavy atom. The number of hydrogen-bond donors (Lipinski definition) is 1. The van der Waals surface area contributed by atoms with Crippen LogP contribution in [0.15, 0.2) is 24.3 Å². The summed E-state index contributed by atoms with van der Waals surface area (Å²) in [6.45, 7) is 2.83. The van der Waals surface area contributed by atoms with E-state index in [1.165, 1.54) is 0 Å². The predicted molar refractivity (Wildman–Crippen MR) is 74.3 cm³/mol. The van der Waals surface area contributed by atoms with Gasteiger partial charge in [0.15, 0.2) is 0 Å². The standard InChI is InChI=1S/C15H23NO3/c1-17-8-9-19-15-5-3-2-4-13(15)14(16)10-12-6-7-18-11-12/h2-5,12,14H,6-11,16H2,1H3. The van der Waals surface area contributed by atoms with Crippen LogP contribution in [0.3, 0.4) is 0 Å². The number of ether oxygens (including phenoxy) is 3. The normalized spacial score (nSPS) is 20.4. The lowest BCUT2D eigenvalue weighted by Gasteiger charge is -2.19. The van der Waals surface area contributed by atoms with Crippen molar-refractivity contribution in [2.45, 2.75) is 18.9 Å². The van der Waals surface area contributed by atoms with Crippen LogP contribution in [-0.2, 0) is 9.47 Å². The van der Waals surface area contributed by atoms with Crippen molar-refractivity contribution in [2.24, 2.45) is 11.7 Å². The van der Waals surface area contributed by atoms with E-state index in [-0.39, 0.29) is 6.04 Å². The molecule has 1 aliphatic rings. The minimum Gasteiger partial charge on any atom is -0.491 e. The fraction of sp³-hybridized carbons (Fsp3) is 0.600. The minimum atomic E-state index is 0.00504. The van der Waals surface area contributed by atoms with Gasteiger partial charge in [-0.25, -0.2) is 0 Å². The fourth-order valence-corrected chi connectivity index (χ4v) is 2.41. The van der Waals surface area contributed by atoms with E-state index in [0.29, 0.717) is 19.1 Å². The van der Waals surface area contributed by atoms with E-state index in [1.807, 2.05) is 24.3 Å². The van der Waals surface area contributed by atoms with Crippen molar-refractivity contribution in [1.29, 1.82) is 0 Å². The third-order valence-electron chi connectivity index (χ3n) is 3.47. The van der Waals surface area contributed by atoms with Gasteiger partial charge in [-0.15, -0.1) is 0 Å². The van der Waals surface area contributed by atoms with Gasteiger partial charge in [-0.3, -0.25) is 0 Å². The van der Waals surface area contributed by atoms with Crippen molar-refractivity contribution in [2.75, 3.05) is 33.5 Å². The summed E-state index contributed by atoms with van der Waals surface area (Å²) >= 11 is 0. The molecule has 1 aromatic rings. The fourth-order valence-electron chi connectivity index (χ4n) is 2.41. The summed E-state index contributed by atoms with van der Waals surface area (Å²) < 4.78 is 16.1. The molecule has 1 aromatic carbocycles. The lowest BCUT2D eigenvalue weighted by Crippen LogP contribution is -2.17. The molecule has 0 amide bonds. The van der Waals surface area contributed by atoms with Crippen LogP contribution in [0.5, 0.6) is 5.75 Å². The van der Waals surface area contributed by atoms with E-state index in [9.17, 15) is 0 Å². The highest BCUT2D eigenvalue weighted by atomic mass is 16.5. The number of rotatable bonds is 7. The molecule has 1 fully saturated rings. The Morgan fingerprint density at radius 3 is 2.95 bits per heavy atom. The Labute approximate surface area is 114 Å². The van der Waals surface area contributed by atoms with E-state index in [0.717, 1.165) is 37.4 Å². The SMILES string of the molecule is COCCOc1ccccc1C(N)CC1CCOC1. The van der Waals surface area contributed by atoms with Crippen molar-refractivity contribution in [3.63, 3.8) is 0 Å². The van der Waals surface area contributed by atoms with E-state index in [1.54, 1.807) is 7.11 Å². The van der Waals surface area contributed by atoms with Gasteiger partial charge in [-0.2, -0.15) is 0 Å². The summed E-state index contributed by atoms with van der Waals surface area (Å²) in [7, 11) is 1.67. The maximum atomic E-state index is 6.31. The second-order valence-electron chi connectivity index (χ2n) is 4.95. The molecule has 1 heterocycles. The van der Waals surface area contributed by atoms with Gasteiger partial charge in [0.1, 0.15) is 12.4 Å². The maximum absolute atomic E-state index is 6.31. The quantitative estimate of drug-likeness (QED) is 0.767. The second-order valence-corrected chi connectivity index (χ2v) is 4.95. The summed E-state index contributed by atoms with van der Waals surface area (Å²) in [5, 5.41) is 0. The lowest BCUT2D eigenvalue weighted by atomic mass is 9.94. The predicted octanol–water partition coefficient (Wildman–Crippen LogP) is 2.14. The van der Waals surface area contributed by atoms with Crippen LogP contribution in [0.4, 0.5) is 0 Å². The Kier molecular flexibility index (Phi) is 5.63. The molecule has 1 aliphatic heterocycles. The first-order valence-corrected chi connectivity index (χ1v) is 6.85. The van der Waals surface area contributed by atoms with Crippen LogP contribution < -0.4 is 10.5 Å². The van der Waals surface area contributed by atoms with Crippen molar-refractivity contribution >= 4 is 0 Å². The summed E-state index contributed by atoms with van der Waals surface area (Å²) in [5.41, 5.74) is 7.39. The third kappa shape index (κ3) is 4.20. The van der Waals surface area contributed by atoms with Gasteiger partial charge in [0, 0.05) is 31.9 Å². The molecule has 0 spiro atoms. The molecule has 0 radical (unpaired) electrons. The van der Waals surface area contributed by atoms with Crippen LogP contribution in [-0.4, -0.2) is 33.5 Å². The van der Waals surface area contributed by atoms with Crippen molar-refractivity contribution in [3.05, 3.63) is 29.8 Å². The molecule has 4 nitrogen and oxygen atoms in total. The highest BCUT2D eigenvalue weighted by Gasteiger charge is 2.21. The Balaban J connectivity index is 1.96. The highest BCUT2D eigenvalue weighted by molar-refractivity contribution is 5.35. The van der Waals surface area contributed by atoms with E-state index >= 15 is 0 Å². The van der Waals surface area contributed by atoms with Gasteiger partial charge in [0.05, 0.1) is 6.61 Å². The number of nitrogens with two attached hydrogens (primary N) is 1. The van der Waals surface area contributed by atoms with Crippen molar-refractivity contribution in [1.82, 2.24) is 0 Å². The molecule has 0 bridgehead atoms. The van der Waals surface area contributed by atoms with Gasteiger partial charge < -0.3 is 19.9 Å². The van der Waals surface area contributed by atoms with Crippen LogP contribution >= 0.6 is 0 Å². The van der Waals surface area contributed by atoms with Crippen LogP contribution in [0, 0.1) is 5.92 Å². The Hall–Kier alpha value is -1.10. The molecule has 2 N–H and O–H groups in total. The molecule has 0 saturated carbocycles. The van der Waals surface area contributed by atoms with Crippen molar-refractivity contribution < 1.29 is 14.2 Å². The maximum Gasteiger partial charge on any atom is 0.124 e. The van der Waals surface area contributed by atoms with Gasteiger partial charge in [0.2, 0.25) is 0 Å². The number of methoxy groups -OCH3 is 1. The first kappa shape index (κ1) is 14.3. The summed E-state index contributed by atoms with van der Waals surface area (Å²) in [6.07, 6.45) is 2.06. The molecule has 0 aliphatic carbocycles. The first-order valence-electron chi connectivity index (χ1n) is 6.85. The number of para-hydroxylation sites is 1. The van der Waals surface area contributed by atoms with Crippen LogP contribution in [0.1, 0.15) is 24.4 Å². The zero-order valence-electron chi connectivity index (χ0n) is 11.5. The first-order chi connectivity index (χ1) is 9.31. The van der Waals surface area contributed by atoms with Gasteiger partial charge in [-0.1, -0.05) is 18.2 Å². The monoisotopic (exact) mass is 265 g/mol. The zero-order chi connectivity index (χ0) is 13.5. The number of benzene rings is 1. The molecule has 106 valence electrons. The molecule has 2 unspecified atom stereocenters. The molecule has 19 heavy (non-hydrogen) atoms. The average Bonchev–Trinajstić information content (AvgIpc) is 2.92.